The van der Waals surface area contributed by atoms with Crippen LogP contribution >= 0.6 is 11.6 Å². The smallest absolute Gasteiger partial charge is 0.316 e. The third-order valence-electron chi connectivity index (χ3n) is 6.43. The fourth-order valence-electron chi connectivity index (χ4n) is 3.04. The minimum absolute atomic E-state index is 0.206. The highest BCUT2D eigenvalue weighted by Gasteiger charge is 2.29. The molecule has 2 aromatic carbocycles. The van der Waals surface area contributed by atoms with Crippen LogP contribution in [0.4, 0.5) is 0 Å². The quantitative estimate of drug-likeness (QED) is 0.306. The minimum Gasteiger partial charge on any atom is -0.486 e. The third kappa shape index (κ3) is 5.83. The zero-order valence-electron chi connectivity index (χ0n) is 20.5. The number of ether oxygens (including phenoxy) is 2. The normalized spacial score (nSPS) is 12.6. The lowest BCUT2D eigenvalue weighted by Crippen LogP contribution is -2.28. The maximum absolute atomic E-state index is 12.5. The SMILES string of the molecule is CCC(C)(C)Oc1ccc(C(C)(C)c2ccc(OC(=O)C(C)(C)CC)c(C)c2)cc1Cl. The van der Waals surface area contributed by atoms with E-state index in [9.17, 15) is 4.79 Å². The van der Waals surface area contributed by atoms with Crippen LogP contribution in [0.1, 0.15) is 84.9 Å². The van der Waals surface area contributed by atoms with E-state index in [0.717, 1.165) is 29.5 Å². The van der Waals surface area contributed by atoms with Gasteiger partial charge in [0.15, 0.2) is 0 Å². The molecular weight excluding hydrogens is 408 g/mol. The molecule has 0 fully saturated rings. The monoisotopic (exact) mass is 444 g/mol. The van der Waals surface area contributed by atoms with E-state index in [0.29, 0.717) is 16.5 Å². The molecule has 0 amide bonds. The van der Waals surface area contributed by atoms with Crippen LogP contribution in [-0.2, 0) is 10.2 Å². The molecule has 0 bridgehead atoms. The second kappa shape index (κ2) is 9.24. The Kier molecular flexibility index (Phi) is 7.53. The first-order valence-electron chi connectivity index (χ1n) is 11.1. The van der Waals surface area contributed by atoms with Crippen molar-refractivity contribution in [3.8, 4) is 11.5 Å². The molecule has 0 unspecified atom stereocenters. The number of halogens is 1. The maximum Gasteiger partial charge on any atom is 0.316 e. The van der Waals surface area contributed by atoms with Gasteiger partial charge in [0.25, 0.3) is 0 Å². The molecular formula is C27H37ClO3. The Hall–Kier alpha value is -2.00. The molecule has 0 heterocycles. The molecule has 170 valence electrons. The summed E-state index contributed by atoms with van der Waals surface area (Å²) in [5.74, 6) is 1.10. The first-order chi connectivity index (χ1) is 14.2. The number of aryl methyl sites for hydroxylation is 1. The number of esters is 1. The van der Waals surface area contributed by atoms with Gasteiger partial charge in [0.2, 0.25) is 0 Å². The largest absolute Gasteiger partial charge is 0.486 e. The number of benzene rings is 2. The summed E-state index contributed by atoms with van der Waals surface area (Å²) in [7, 11) is 0. The molecule has 0 radical (unpaired) electrons. The highest BCUT2D eigenvalue weighted by Crippen LogP contribution is 2.38. The molecule has 31 heavy (non-hydrogen) atoms. The van der Waals surface area contributed by atoms with E-state index in [1.54, 1.807) is 0 Å². The van der Waals surface area contributed by atoms with Crippen LogP contribution in [0.25, 0.3) is 0 Å². The Bertz CT molecular complexity index is 941. The van der Waals surface area contributed by atoms with Crippen LogP contribution in [0.5, 0.6) is 11.5 Å². The summed E-state index contributed by atoms with van der Waals surface area (Å²) in [5.41, 5.74) is 2.10. The summed E-state index contributed by atoms with van der Waals surface area (Å²) in [6.45, 7) is 18.3. The standard InChI is InChI=1S/C27H37ClO3/c1-10-25(4,5)24(29)30-22-14-12-19(16-18(22)3)27(8,9)20-13-15-23(21(28)17-20)31-26(6,7)11-2/h12-17H,10-11H2,1-9H3. The van der Waals surface area contributed by atoms with E-state index >= 15 is 0 Å². The van der Waals surface area contributed by atoms with E-state index in [1.807, 2.05) is 52.0 Å². The van der Waals surface area contributed by atoms with E-state index in [4.69, 9.17) is 21.1 Å². The van der Waals surface area contributed by atoms with Crippen molar-refractivity contribution in [3.05, 3.63) is 58.1 Å². The number of rotatable bonds is 8. The molecule has 0 aliphatic heterocycles. The summed E-state index contributed by atoms with van der Waals surface area (Å²) >= 11 is 6.57. The minimum atomic E-state index is -0.503. The number of hydrogen-bond donors (Lipinski definition) is 0. The second-order valence-corrected chi connectivity index (χ2v) is 10.5. The van der Waals surface area contributed by atoms with Gasteiger partial charge in [0.05, 0.1) is 10.4 Å². The van der Waals surface area contributed by atoms with Crippen LogP contribution in [0.2, 0.25) is 5.02 Å². The summed E-state index contributed by atoms with van der Waals surface area (Å²) in [6, 6.07) is 12.0. The van der Waals surface area contributed by atoms with Gasteiger partial charge in [-0.1, -0.05) is 57.5 Å². The third-order valence-corrected chi connectivity index (χ3v) is 6.72. The highest BCUT2D eigenvalue weighted by atomic mass is 35.5. The molecule has 0 spiro atoms. The maximum atomic E-state index is 12.5. The molecule has 0 aliphatic carbocycles. The molecule has 4 heteroatoms. The van der Waals surface area contributed by atoms with Crippen molar-refractivity contribution >= 4 is 17.6 Å². The van der Waals surface area contributed by atoms with Crippen molar-refractivity contribution in [2.45, 2.75) is 86.2 Å². The predicted octanol–water partition coefficient (Wildman–Crippen LogP) is 7.88. The lowest BCUT2D eigenvalue weighted by atomic mass is 9.77. The van der Waals surface area contributed by atoms with Gasteiger partial charge in [-0.25, -0.2) is 0 Å². The van der Waals surface area contributed by atoms with Crippen molar-refractivity contribution in [3.63, 3.8) is 0 Å². The van der Waals surface area contributed by atoms with Crippen molar-refractivity contribution in [2.24, 2.45) is 5.41 Å². The zero-order valence-corrected chi connectivity index (χ0v) is 21.2. The molecule has 0 N–H and O–H groups in total. The molecule has 0 saturated carbocycles. The van der Waals surface area contributed by atoms with E-state index < -0.39 is 5.41 Å². The van der Waals surface area contributed by atoms with Gasteiger partial charge in [-0.2, -0.15) is 0 Å². The van der Waals surface area contributed by atoms with Crippen molar-refractivity contribution in [1.82, 2.24) is 0 Å². The van der Waals surface area contributed by atoms with Gasteiger partial charge in [-0.05, 0) is 82.3 Å². The molecule has 2 rings (SSSR count). The zero-order chi connectivity index (χ0) is 23.6. The lowest BCUT2D eigenvalue weighted by Gasteiger charge is -2.29. The summed E-state index contributed by atoms with van der Waals surface area (Å²) in [4.78, 5) is 12.5. The Morgan fingerprint density at radius 2 is 1.42 bits per heavy atom. The van der Waals surface area contributed by atoms with Crippen molar-refractivity contribution < 1.29 is 14.3 Å². The number of hydrogen-bond acceptors (Lipinski definition) is 3. The molecule has 0 atom stereocenters. The molecule has 2 aromatic rings. The Balaban J connectivity index is 2.30. The fourth-order valence-corrected chi connectivity index (χ4v) is 3.26. The van der Waals surface area contributed by atoms with Gasteiger partial charge in [-0.3, -0.25) is 4.79 Å². The van der Waals surface area contributed by atoms with Crippen LogP contribution in [0.3, 0.4) is 0 Å². The highest BCUT2D eigenvalue weighted by molar-refractivity contribution is 6.32. The van der Waals surface area contributed by atoms with Crippen LogP contribution < -0.4 is 9.47 Å². The Labute approximate surface area is 193 Å². The van der Waals surface area contributed by atoms with Crippen LogP contribution in [0, 0.1) is 12.3 Å². The van der Waals surface area contributed by atoms with E-state index in [2.05, 4.69) is 46.8 Å². The average molecular weight is 445 g/mol. The Morgan fingerprint density at radius 3 is 1.90 bits per heavy atom. The molecule has 0 saturated heterocycles. The Morgan fingerprint density at radius 1 is 0.871 bits per heavy atom. The summed E-state index contributed by atoms with van der Waals surface area (Å²) in [6.07, 6.45) is 1.62. The van der Waals surface area contributed by atoms with E-state index in [-0.39, 0.29) is 17.0 Å². The van der Waals surface area contributed by atoms with Gasteiger partial charge in [-0.15, -0.1) is 0 Å². The van der Waals surface area contributed by atoms with Crippen molar-refractivity contribution in [2.75, 3.05) is 0 Å². The molecule has 0 aliphatic rings. The number of carbonyl (C=O) groups excluding carboxylic acids is 1. The topological polar surface area (TPSA) is 35.5 Å². The summed E-state index contributed by atoms with van der Waals surface area (Å²) in [5, 5.41) is 0.608. The second-order valence-electron chi connectivity index (χ2n) is 10.1. The summed E-state index contributed by atoms with van der Waals surface area (Å²) < 4.78 is 11.8. The van der Waals surface area contributed by atoms with Gasteiger partial charge >= 0.3 is 5.97 Å². The molecule has 3 nitrogen and oxygen atoms in total. The van der Waals surface area contributed by atoms with Gasteiger partial charge < -0.3 is 9.47 Å². The fraction of sp³-hybridized carbons (Fsp3) is 0.519. The average Bonchev–Trinajstić information content (AvgIpc) is 2.70. The predicted molar refractivity (Wildman–Crippen MR) is 129 cm³/mol. The number of carbonyl (C=O) groups is 1. The first-order valence-corrected chi connectivity index (χ1v) is 11.4. The van der Waals surface area contributed by atoms with Crippen molar-refractivity contribution in [1.29, 1.82) is 0 Å². The van der Waals surface area contributed by atoms with Crippen LogP contribution in [-0.4, -0.2) is 11.6 Å². The van der Waals surface area contributed by atoms with Crippen LogP contribution in [0.15, 0.2) is 36.4 Å². The van der Waals surface area contributed by atoms with Gasteiger partial charge in [0.1, 0.15) is 17.1 Å². The first kappa shape index (κ1) is 25.3. The molecule has 0 aromatic heterocycles. The van der Waals surface area contributed by atoms with Gasteiger partial charge in [0, 0.05) is 5.41 Å². The lowest BCUT2D eigenvalue weighted by molar-refractivity contribution is -0.144. The van der Waals surface area contributed by atoms with E-state index in [1.165, 1.54) is 0 Å².